The number of imidazole rings is 1. The molecule has 4 aromatic rings. The highest BCUT2D eigenvalue weighted by atomic mass is 16.1. The molecule has 0 aliphatic heterocycles. The van der Waals surface area contributed by atoms with E-state index in [1.165, 1.54) is 0 Å². The third-order valence-electron chi connectivity index (χ3n) is 5.64. The molecule has 0 bridgehead atoms. The first-order chi connectivity index (χ1) is 14.9. The highest BCUT2D eigenvalue weighted by Crippen LogP contribution is 2.25. The lowest BCUT2D eigenvalue weighted by Gasteiger charge is -2.13. The molecule has 2 N–H and O–H groups in total. The van der Waals surface area contributed by atoms with Gasteiger partial charge in [0.25, 0.3) is 5.91 Å². The summed E-state index contributed by atoms with van der Waals surface area (Å²) in [6.45, 7) is 8.84. The van der Waals surface area contributed by atoms with Crippen LogP contribution in [0.25, 0.3) is 22.3 Å². The molecule has 3 aromatic heterocycles. The molecule has 0 radical (unpaired) electrons. The molecule has 4 rings (SSSR count). The van der Waals surface area contributed by atoms with Gasteiger partial charge in [-0.15, -0.1) is 0 Å². The summed E-state index contributed by atoms with van der Waals surface area (Å²) in [5.74, 6) is 0.895. The van der Waals surface area contributed by atoms with Crippen molar-refractivity contribution in [2.75, 3.05) is 6.54 Å². The van der Waals surface area contributed by atoms with Crippen molar-refractivity contribution in [3.63, 3.8) is 0 Å². The maximum absolute atomic E-state index is 12.6. The summed E-state index contributed by atoms with van der Waals surface area (Å²) < 4.78 is 4.10. The Kier molecular flexibility index (Phi) is 5.63. The first-order valence-electron chi connectivity index (χ1n) is 10.7. The molecule has 0 aliphatic carbocycles. The summed E-state index contributed by atoms with van der Waals surface area (Å²) >= 11 is 0. The second kappa shape index (κ2) is 8.37. The molecule has 0 saturated carbocycles. The third-order valence-corrected chi connectivity index (χ3v) is 5.64. The number of hydrogen-bond acceptors (Lipinski definition) is 4. The summed E-state index contributed by atoms with van der Waals surface area (Å²) in [6, 6.07) is 10.3. The molecular weight excluding hydrogens is 390 g/mol. The number of para-hydroxylation sites is 2. The van der Waals surface area contributed by atoms with E-state index in [0.29, 0.717) is 18.3 Å². The Labute approximate surface area is 181 Å². The van der Waals surface area contributed by atoms with Gasteiger partial charge in [-0.25, -0.2) is 4.98 Å². The second-order valence-corrected chi connectivity index (χ2v) is 8.18. The largest absolute Gasteiger partial charge is 0.351 e. The Balaban J connectivity index is 1.38. The molecule has 0 saturated heterocycles. The molecule has 1 aromatic carbocycles. The molecule has 3 heterocycles. The van der Waals surface area contributed by atoms with Crippen LogP contribution in [0.3, 0.4) is 0 Å². The van der Waals surface area contributed by atoms with Crippen molar-refractivity contribution in [3.05, 3.63) is 53.2 Å². The van der Waals surface area contributed by atoms with Crippen LogP contribution in [0, 0.1) is 13.8 Å². The van der Waals surface area contributed by atoms with Crippen LogP contribution in [0.1, 0.15) is 54.0 Å². The average molecular weight is 420 g/mol. The first kappa shape index (κ1) is 20.8. The van der Waals surface area contributed by atoms with Gasteiger partial charge in [0.05, 0.1) is 22.4 Å². The van der Waals surface area contributed by atoms with Crippen molar-refractivity contribution in [2.24, 2.45) is 7.05 Å². The molecule has 0 unspecified atom stereocenters. The van der Waals surface area contributed by atoms with E-state index in [1.54, 1.807) is 6.07 Å². The van der Waals surface area contributed by atoms with Crippen LogP contribution in [0.2, 0.25) is 0 Å². The van der Waals surface area contributed by atoms with Crippen LogP contribution in [0.15, 0.2) is 30.3 Å². The standard InChI is InChI=1S/C23H29N7O/c1-14(2)30-20-10-7-6-9-17(20)25-21(30)11-8-12-24-23(31)19-13-18(26-27-19)22-15(3)28-29(5)16(22)4/h6-7,9-10,13-14H,8,11-12H2,1-5H3,(H,24,31)(H,26,27). The van der Waals surface area contributed by atoms with E-state index in [-0.39, 0.29) is 5.91 Å². The number of rotatable bonds is 7. The number of fused-ring (bicyclic) bond motifs is 1. The van der Waals surface area contributed by atoms with Crippen LogP contribution in [0.4, 0.5) is 0 Å². The fourth-order valence-corrected chi connectivity index (χ4v) is 4.10. The monoisotopic (exact) mass is 419 g/mol. The number of carbonyl (C=O) groups excluding carboxylic acids is 1. The highest BCUT2D eigenvalue weighted by Gasteiger charge is 2.17. The Morgan fingerprint density at radius 3 is 2.71 bits per heavy atom. The Bertz CT molecular complexity index is 1230. The van der Waals surface area contributed by atoms with Crippen LogP contribution >= 0.6 is 0 Å². The lowest BCUT2D eigenvalue weighted by molar-refractivity contribution is 0.0948. The lowest BCUT2D eigenvalue weighted by atomic mass is 10.1. The summed E-state index contributed by atoms with van der Waals surface area (Å²) in [5.41, 5.74) is 6.23. The number of benzene rings is 1. The number of amides is 1. The number of nitrogens with zero attached hydrogens (tertiary/aromatic N) is 5. The van der Waals surface area contributed by atoms with Crippen molar-refractivity contribution < 1.29 is 4.79 Å². The van der Waals surface area contributed by atoms with Gasteiger partial charge in [0.2, 0.25) is 0 Å². The van der Waals surface area contributed by atoms with Crippen molar-refractivity contribution in [3.8, 4) is 11.3 Å². The number of carbonyl (C=O) groups is 1. The van der Waals surface area contributed by atoms with Crippen molar-refractivity contribution in [1.82, 2.24) is 34.8 Å². The fourth-order valence-electron chi connectivity index (χ4n) is 4.10. The van der Waals surface area contributed by atoms with Crippen molar-refractivity contribution >= 4 is 16.9 Å². The normalized spacial score (nSPS) is 11.5. The van der Waals surface area contributed by atoms with E-state index in [1.807, 2.05) is 43.8 Å². The molecule has 8 nitrogen and oxygen atoms in total. The van der Waals surface area contributed by atoms with Gasteiger partial charge in [-0.1, -0.05) is 12.1 Å². The summed E-state index contributed by atoms with van der Waals surface area (Å²) in [7, 11) is 1.90. The molecule has 162 valence electrons. The van der Waals surface area contributed by atoms with Crippen molar-refractivity contribution in [1.29, 1.82) is 0 Å². The minimum Gasteiger partial charge on any atom is -0.351 e. The predicted octanol–water partition coefficient (Wildman–Crippen LogP) is 3.72. The molecule has 8 heteroatoms. The molecule has 0 spiro atoms. The number of H-pyrrole nitrogens is 1. The topological polar surface area (TPSA) is 93.4 Å². The van der Waals surface area contributed by atoms with Gasteiger partial charge in [-0.05, 0) is 52.3 Å². The molecule has 0 fully saturated rings. The Morgan fingerprint density at radius 1 is 1.23 bits per heavy atom. The minimum atomic E-state index is -0.157. The Hall–Kier alpha value is -3.42. The molecule has 0 aliphatic rings. The van der Waals surface area contributed by atoms with Crippen LogP contribution in [-0.2, 0) is 13.5 Å². The maximum atomic E-state index is 12.6. The minimum absolute atomic E-state index is 0.157. The smallest absolute Gasteiger partial charge is 0.269 e. The van der Waals surface area contributed by atoms with Gasteiger partial charge < -0.3 is 9.88 Å². The first-order valence-corrected chi connectivity index (χ1v) is 10.7. The molecular formula is C23H29N7O. The van der Waals surface area contributed by atoms with E-state index in [2.05, 4.69) is 45.1 Å². The van der Waals surface area contributed by atoms with Gasteiger partial charge in [0, 0.05) is 37.3 Å². The average Bonchev–Trinajstić information content (AvgIpc) is 3.41. The number of nitrogens with one attached hydrogen (secondary N) is 2. The van der Waals surface area contributed by atoms with Gasteiger partial charge in [0.1, 0.15) is 11.5 Å². The Morgan fingerprint density at radius 2 is 2.00 bits per heavy atom. The zero-order chi connectivity index (χ0) is 22.1. The van der Waals surface area contributed by atoms with E-state index in [0.717, 1.165) is 52.3 Å². The molecule has 31 heavy (non-hydrogen) atoms. The zero-order valence-corrected chi connectivity index (χ0v) is 18.7. The summed E-state index contributed by atoms with van der Waals surface area (Å²) in [4.78, 5) is 17.4. The van der Waals surface area contributed by atoms with E-state index in [4.69, 9.17) is 4.98 Å². The van der Waals surface area contributed by atoms with Crippen molar-refractivity contribution in [2.45, 2.75) is 46.6 Å². The van der Waals surface area contributed by atoms with E-state index < -0.39 is 0 Å². The number of aromatic nitrogens is 6. The van der Waals surface area contributed by atoms with Gasteiger partial charge >= 0.3 is 0 Å². The van der Waals surface area contributed by atoms with Gasteiger partial charge in [-0.3, -0.25) is 14.6 Å². The van der Waals surface area contributed by atoms with Gasteiger partial charge in [-0.2, -0.15) is 10.2 Å². The van der Waals surface area contributed by atoms with Crippen LogP contribution in [-0.4, -0.2) is 42.0 Å². The third kappa shape index (κ3) is 3.97. The number of aryl methyl sites for hydroxylation is 3. The molecule has 0 atom stereocenters. The highest BCUT2D eigenvalue weighted by molar-refractivity contribution is 5.93. The fraction of sp³-hybridized carbons (Fsp3) is 0.391. The summed E-state index contributed by atoms with van der Waals surface area (Å²) in [6.07, 6.45) is 1.61. The quantitative estimate of drug-likeness (QED) is 0.447. The second-order valence-electron chi connectivity index (χ2n) is 8.18. The SMILES string of the molecule is Cc1nn(C)c(C)c1-c1cc(C(=O)NCCCc2nc3ccccc3n2C(C)C)[nH]n1. The zero-order valence-electron chi connectivity index (χ0n) is 18.7. The molecule has 1 amide bonds. The van der Waals surface area contributed by atoms with E-state index >= 15 is 0 Å². The predicted molar refractivity (Wildman–Crippen MR) is 121 cm³/mol. The lowest BCUT2D eigenvalue weighted by Crippen LogP contribution is -2.25. The van der Waals surface area contributed by atoms with E-state index in [9.17, 15) is 4.79 Å². The maximum Gasteiger partial charge on any atom is 0.269 e. The van der Waals surface area contributed by atoms with Gasteiger partial charge in [0.15, 0.2) is 0 Å². The number of hydrogen-bond donors (Lipinski definition) is 2. The van der Waals surface area contributed by atoms with Crippen LogP contribution < -0.4 is 5.32 Å². The summed E-state index contributed by atoms with van der Waals surface area (Å²) in [5, 5.41) is 14.6. The number of aromatic amines is 1. The van der Waals surface area contributed by atoms with Crippen LogP contribution in [0.5, 0.6) is 0 Å².